The van der Waals surface area contributed by atoms with E-state index in [4.69, 9.17) is 5.73 Å². The van der Waals surface area contributed by atoms with E-state index < -0.39 is 0 Å². The monoisotopic (exact) mass is 213 g/mol. The van der Waals surface area contributed by atoms with Gasteiger partial charge in [0.05, 0.1) is 0 Å². The quantitative estimate of drug-likeness (QED) is 0.778. The maximum Gasteiger partial charge on any atom is 0.123 e. The summed E-state index contributed by atoms with van der Waals surface area (Å²) in [6.07, 6.45) is 0. The number of benzene rings is 1. The van der Waals surface area contributed by atoms with E-state index in [9.17, 15) is 4.39 Å². The van der Waals surface area contributed by atoms with Gasteiger partial charge < -0.3 is 5.73 Å². The second-order valence-electron chi connectivity index (χ2n) is 3.56. The third kappa shape index (κ3) is 3.31. The predicted molar refractivity (Wildman–Crippen MR) is 60.1 cm³/mol. The van der Waals surface area contributed by atoms with Crippen LogP contribution in [0.15, 0.2) is 23.1 Å². The van der Waals surface area contributed by atoms with Gasteiger partial charge in [0.1, 0.15) is 5.82 Å². The van der Waals surface area contributed by atoms with Gasteiger partial charge in [0.25, 0.3) is 0 Å². The first-order valence-corrected chi connectivity index (χ1v) is 5.71. The standard InChI is InChI=1S/C11H16FNS/c1-8(6-13)7-14-11-4-3-10(12)5-9(11)2/h3-5,8H,6-7,13H2,1-2H3. The van der Waals surface area contributed by atoms with Crippen molar-refractivity contribution in [1.82, 2.24) is 0 Å². The predicted octanol–water partition coefficient (Wildman–Crippen LogP) is 2.82. The molecule has 1 aromatic carbocycles. The van der Waals surface area contributed by atoms with Gasteiger partial charge in [-0.3, -0.25) is 0 Å². The highest BCUT2D eigenvalue weighted by Crippen LogP contribution is 2.24. The van der Waals surface area contributed by atoms with Gasteiger partial charge in [-0.2, -0.15) is 0 Å². The molecule has 0 aliphatic carbocycles. The average molecular weight is 213 g/mol. The molecule has 0 aliphatic heterocycles. The van der Waals surface area contributed by atoms with E-state index in [-0.39, 0.29) is 5.82 Å². The molecule has 0 amide bonds. The topological polar surface area (TPSA) is 26.0 Å². The molecule has 1 unspecified atom stereocenters. The van der Waals surface area contributed by atoms with Gasteiger partial charge in [0.2, 0.25) is 0 Å². The van der Waals surface area contributed by atoms with Crippen LogP contribution in [-0.4, -0.2) is 12.3 Å². The minimum Gasteiger partial charge on any atom is -0.330 e. The molecular weight excluding hydrogens is 197 g/mol. The van der Waals surface area contributed by atoms with Crippen LogP contribution in [0.2, 0.25) is 0 Å². The molecule has 2 N–H and O–H groups in total. The Morgan fingerprint density at radius 3 is 2.79 bits per heavy atom. The molecule has 0 heterocycles. The molecule has 0 fully saturated rings. The van der Waals surface area contributed by atoms with Gasteiger partial charge in [0, 0.05) is 10.6 Å². The Morgan fingerprint density at radius 2 is 2.21 bits per heavy atom. The highest BCUT2D eigenvalue weighted by Gasteiger charge is 2.03. The summed E-state index contributed by atoms with van der Waals surface area (Å²) in [5, 5.41) is 0. The Labute approximate surface area is 88.9 Å². The minimum absolute atomic E-state index is 0.168. The summed E-state index contributed by atoms with van der Waals surface area (Å²) in [6, 6.07) is 4.90. The summed E-state index contributed by atoms with van der Waals surface area (Å²) in [7, 11) is 0. The van der Waals surface area contributed by atoms with Crippen molar-refractivity contribution in [1.29, 1.82) is 0 Å². The van der Waals surface area contributed by atoms with Gasteiger partial charge in [-0.05, 0) is 43.1 Å². The van der Waals surface area contributed by atoms with Gasteiger partial charge in [-0.1, -0.05) is 6.92 Å². The lowest BCUT2D eigenvalue weighted by atomic mass is 10.2. The summed E-state index contributed by atoms with van der Waals surface area (Å²) in [6.45, 7) is 4.75. The summed E-state index contributed by atoms with van der Waals surface area (Å²) < 4.78 is 12.8. The highest BCUT2D eigenvalue weighted by atomic mass is 32.2. The van der Waals surface area contributed by atoms with Gasteiger partial charge in [-0.15, -0.1) is 11.8 Å². The van der Waals surface area contributed by atoms with Crippen LogP contribution in [0.4, 0.5) is 4.39 Å². The lowest BCUT2D eigenvalue weighted by molar-refractivity contribution is 0.625. The second-order valence-corrected chi connectivity index (χ2v) is 4.62. The van der Waals surface area contributed by atoms with E-state index in [1.165, 1.54) is 6.07 Å². The van der Waals surface area contributed by atoms with Crippen molar-refractivity contribution < 1.29 is 4.39 Å². The summed E-state index contributed by atoms with van der Waals surface area (Å²) in [5.74, 6) is 1.33. The molecule has 1 atom stereocenters. The number of thioether (sulfide) groups is 1. The SMILES string of the molecule is Cc1cc(F)ccc1SCC(C)CN. The van der Waals surface area contributed by atoms with E-state index in [1.807, 2.05) is 13.0 Å². The second kappa shape index (κ2) is 5.37. The van der Waals surface area contributed by atoms with Crippen molar-refractivity contribution in [3.8, 4) is 0 Å². The Bertz CT molecular complexity index is 301. The summed E-state index contributed by atoms with van der Waals surface area (Å²) in [5.41, 5.74) is 6.52. The molecule has 1 rings (SSSR count). The zero-order valence-electron chi connectivity index (χ0n) is 8.59. The Morgan fingerprint density at radius 1 is 1.50 bits per heavy atom. The Kier molecular flexibility index (Phi) is 4.42. The third-order valence-corrected chi connectivity index (χ3v) is 3.57. The van der Waals surface area contributed by atoms with Crippen LogP contribution in [0.1, 0.15) is 12.5 Å². The Hall–Kier alpha value is -0.540. The molecule has 0 saturated carbocycles. The van der Waals surface area contributed by atoms with E-state index in [0.717, 1.165) is 16.2 Å². The molecule has 0 bridgehead atoms. The molecule has 0 saturated heterocycles. The number of hydrogen-bond donors (Lipinski definition) is 1. The van der Waals surface area contributed by atoms with Crippen LogP contribution in [0.3, 0.4) is 0 Å². The fraction of sp³-hybridized carbons (Fsp3) is 0.455. The van der Waals surface area contributed by atoms with Crippen LogP contribution >= 0.6 is 11.8 Å². The van der Waals surface area contributed by atoms with Crippen molar-refractivity contribution in [3.63, 3.8) is 0 Å². The van der Waals surface area contributed by atoms with Crippen LogP contribution in [0, 0.1) is 18.7 Å². The van der Waals surface area contributed by atoms with Gasteiger partial charge in [-0.25, -0.2) is 4.39 Å². The first-order valence-electron chi connectivity index (χ1n) is 4.72. The van der Waals surface area contributed by atoms with Crippen molar-refractivity contribution in [3.05, 3.63) is 29.6 Å². The van der Waals surface area contributed by atoms with Crippen LogP contribution in [-0.2, 0) is 0 Å². The minimum atomic E-state index is -0.168. The normalized spacial score (nSPS) is 12.9. The van der Waals surface area contributed by atoms with E-state index in [0.29, 0.717) is 12.5 Å². The molecule has 0 aliphatic rings. The molecule has 1 nitrogen and oxygen atoms in total. The third-order valence-electron chi connectivity index (χ3n) is 2.06. The average Bonchev–Trinajstić information content (AvgIpc) is 2.16. The van der Waals surface area contributed by atoms with E-state index in [1.54, 1.807) is 17.8 Å². The summed E-state index contributed by atoms with van der Waals surface area (Å²) >= 11 is 1.74. The van der Waals surface area contributed by atoms with Crippen LogP contribution in [0.5, 0.6) is 0 Å². The molecule has 14 heavy (non-hydrogen) atoms. The van der Waals surface area contributed by atoms with Crippen LogP contribution < -0.4 is 5.73 Å². The molecular formula is C11H16FNS. The van der Waals surface area contributed by atoms with E-state index >= 15 is 0 Å². The number of halogens is 1. The molecule has 0 spiro atoms. The van der Waals surface area contributed by atoms with Crippen molar-refractivity contribution in [2.75, 3.05) is 12.3 Å². The molecule has 0 aromatic heterocycles. The van der Waals surface area contributed by atoms with Gasteiger partial charge >= 0.3 is 0 Å². The highest BCUT2D eigenvalue weighted by molar-refractivity contribution is 7.99. The number of rotatable bonds is 4. The lowest BCUT2D eigenvalue weighted by Gasteiger charge is -2.09. The van der Waals surface area contributed by atoms with Crippen LogP contribution in [0.25, 0.3) is 0 Å². The van der Waals surface area contributed by atoms with Crippen molar-refractivity contribution in [2.45, 2.75) is 18.7 Å². The lowest BCUT2D eigenvalue weighted by Crippen LogP contribution is -2.12. The van der Waals surface area contributed by atoms with Crippen molar-refractivity contribution >= 4 is 11.8 Å². The Balaban J connectivity index is 2.59. The number of hydrogen-bond acceptors (Lipinski definition) is 2. The number of nitrogens with two attached hydrogens (primary N) is 1. The first kappa shape index (κ1) is 11.5. The number of aryl methyl sites for hydroxylation is 1. The largest absolute Gasteiger partial charge is 0.330 e. The fourth-order valence-corrected chi connectivity index (χ4v) is 2.13. The maximum absolute atomic E-state index is 12.8. The fourth-order valence-electron chi connectivity index (χ4n) is 1.07. The zero-order valence-corrected chi connectivity index (χ0v) is 9.40. The molecule has 0 radical (unpaired) electrons. The smallest absolute Gasteiger partial charge is 0.123 e. The van der Waals surface area contributed by atoms with Gasteiger partial charge in [0.15, 0.2) is 0 Å². The van der Waals surface area contributed by atoms with Crippen molar-refractivity contribution in [2.24, 2.45) is 11.7 Å². The molecule has 78 valence electrons. The molecule has 3 heteroatoms. The maximum atomic E-state index is 12.8. The first-order chi connectivity index (χ1) is 6.63. The summed E-state index contributed by atoms with van der Waals surface area (Å²) in [4.78, 5) is 1.15. The molecule has 1 aromatic rings. The van der Waals surface area contributed by atoms with E-state index in [2.05, 4.69) is 6.92 Å². The zero-order chi connectivity index (χ0) is 10.6.